The summed E-state index contributed by atoms with van der Waals surface area (Å²) in [6.45, 7) is 3.65. The molecule has 2 aromatic heterocycles. The number of furan rings is 1. The molecule has 0 saturated heterocycles. The number of aryl methyl sites for hydroxylation is 1. The van der Waals surface area contributed by atoms with Crippen molar-refractivity contribution < 1.29 is 9.21 Å². The maximum Gasteiger partial charge on any atom is 0.240 e. The molecule has 0 fully saturated rings. The molecular formula is C17H19N5O2S. The fraction of sp³-hybridized carbons (Fsp3) is 0.235. The summed E-state index contributed by atoms with van der Waals surface area (Å²) in [4.78, 5) is 14.3. The van der Waals surface area contributed by atoms with Gasteiger partial charge in [-0.25, -0.2) is 4.68 Å². The first-order valence-electron chi connectivity index (χ1n) is 7.73. The summed E-state index contributed by atoms with van der Waals surface area (Å²) < 4.78 is 6.66. The number of para-hydroxylation sites is 1. The van der Waals surface area contributed by atoms with Crippen molar-refractivity contribution in [3.63, 3.8) is 0 Å². The lowest BCUT2D eigenvalue weighted by atomic mass is 10.2. The molecule has 7 nitrogen and oxygen atoms in total. The minimum absolute atomic E-state index is 0.0414. The van der Waals surface area contributed by atoms with Crippen LogP contribution in [0.15, 0.2) is 52.2 Å². The van der Waals surface area contributed by atoms with Crippen LogP contribution in [-0.4, -0.2) is 33.1 Å². The second kappa shape index (κ2) is 7.02. The number of aromatic nitrogens is 3. The Morgan fingerprint density at radius 2 is 2.00 bits per heavy atom. The van der Waals surface area contributed by atoms with Gasteiger partial charge in [0.2, 0.25) is 11.1 Å². The van der Waals surface area contributed by atoms with Gasteiger partial charge in [0.25, 0.3) is 0 Å². The summed E-state index contributed by atoms with van der Waals surface area (Å²) in [7, 11) is 1.75. The first-order chi connectivity index (χ1) is 12.0. The fourth-order valence-corrected chi connectivity index (χ4v) is 3.28. The number of carbonyl (C=O) groups is 1. The van der Waals surface area contributed by atoms with Crippen molar-refractivity contribution in [2.75, 3.05) is 17.8 Å². The molecule has 1 unspecified atom stereocenters. The molecule has 2 N–H and O–H groups in total. The summed E-state index contributed by atoms with van der Waals surface area (Å²) in [6, 6.07) is 11.3. The average molecular weight is 357 g/mol. The maximum atomic E-state index is 12.6. The minimum atomic E-state index is -0.366. The number of hydrogen-bond acceptors (Lipinski definition) is 6. The predicted octanol–water partition coefficient (Wildman–Crippen LogP) is 2.70. The van der Waals surface area contributed by atoms with E-state index in [-0.39, 0.29) is 11.2 Å². The number of carbonyl (C=O) groups excluding carboxylic acids is 1. The molecule has 0 aliphatic carbocycles. The van der Waals surface area contributed by atoms with E-state index in [2.05, 4.69) is 10.2 Å². The summed E-state index contributed by atoms with van der Waals surface area (Å²) in [5.74, 6) is 7.28. The third-order valence-electron chi connectivity index (χ3n) is 3.87. The van der Waals surface area contributed by atoms with E-state index in [9.17, 15) is 4.79 Å². The van der Waals surface area contributed by atoms with Gasteiger partial charge >= 0.3 is 0 Å². The lowest BCUT2D eigenvalue weighted by Crippen LogP contribution is -2.33. The molecular weight excluding hydrogens is 338 g/mol. The number of hydrogen-bond donors (Lipinski definition) is 1. The predicted molar refractivity (Wildman–Crippen MR) is 97.8 cm³/mol. The molecule has 0 saturated carbocycles. The van der Waals surface area contributed by atoms with Crippen molar-refractivity contribution in [2.45, 2.75) is 24.3 Å². The Balaban J connectivity index is 1.75. The molecule has 3 rings (SSSR count). The molecule has 3 aromatic rings. The van der Waals surface area contributed by atoms with E-state index in [1.807, 2.05) is 44.2 Å². The molecule has 2 heterocycles. The average Bonchev–Trinajstić information content (AvgIpc) is 3.20. The highest BCUT2D eigenvalue weighted by Crippen LogP contribution is 2.28. The number of anilines is 1. The Hall–Kier alpha value is -2.74. The van der Waals surface area contributed by atoms with Crippen molar-refractivity contribution >= 4 is 23.4 Å². The minimum Gasteiger partial charge on any atom is -0.469 e. The van der Waals surface area contributed by atoms with Gasteiger partial charge in [-0.05, 0) is 32.0 Å². The summed E-state index contributed by atoms with van der Waals surface area (Å²) >= 11 is 1.27. The molecule has 0 aliphatic heterocycles. The van der Waals surface area contributed by atoms with Crippen molar-refractivity contribution in [2.24, 2.45) is 0 Å². The van der Waals surface area contributed by atoms with Crippen LogP contribution in [0.2, 0.25) is 0 Å². The summed E-state index contributed by atoms with van der Waals surface area (Å²) in [5.41, 5.74) is 1.62. The normalized spacial score (nSPS) is 12.1. The molecule has 0 bridgehead atoms. The standard InChI is InChI=1S/C17H19N5O2S/c1-11-14(9-10-24-11)15-19-20-17(22(15)18)25-12(2)16(23)21(3)13-7-5-4-6-8-13/h4-10,12H,18H2,1-3H3. The van der Waals surface area contributed by atoms with Gasteiger partial charge in [0, 0.05) is 12.7 Å². The molecule has 1 aromatic carbocycles. The van der Waals surface area contributed by atoms with Crippen LogP contribution in [0.25, 0.3) is 11.4 Å². The van der Waals surface area contributed by atoms with E-state index >= 15 is 0 Å². The van der Waals surface area contributed by atoms with E-state index in [0.717, 1.165) is 11.3 Å². The van der Waals surface area contributed by atoms with Gasteiger partial charge in [0.15, 0.2) is 5.82 Å². The molecule has 8 heteroatoms. The molecule has 130 valence electrons. The van der Waals surface area contributed by atoms with Gasteiger partial charge in [0.05, 0.1) is 17.1 Å². The Morgan fingerprint density at radius 3 is 2.64 bits per heavy atom. The Labute approximate surface area is 149 Å². The number of nitrogen functional groups attached to an aromatic ring is 1. The van der Waals surface area contributed by atoms with Gasteiger partial charge in [-0.2, -0.15) is 0 Å². The van der Waals surface area contributed by atoms with Gasteiger partial charge < -0.3 is 15.2 Å². The van der Waals surface area contributed by atoms with Crippen LogP contribution in [0.1, 0.15) is 12.7 Å². The van der Waals surface area contributed by atoms with Gasteiger partial charge in [-0.3, -0.25) is 4.79 Å². The second-order valence-corrected chi connectivity index (χ2v) is 6.87. The largest absolute Gasteiger partial charge is 0.469 e. The summed E-state index contributed by atoms with van der Waals surface area (Å²) in [5, 5.41) is 8.33. The zero-order valence-corrected chi connectivity index (χ0v) is 15.0. The van der Waals surface area contributed by atoms with Crippen molar-refractivity contribution in [3.8, 4) is 11.4 Å². The number of nitrogens with zero attached hydrogens (tertiary/aromatic N) is 4. The monoisotopic (exact) mass is 357 g/mol. The number of amides is 1. The Kier molecular flexibility index (Phi) is 4.80. The molecule has 1 amide bonds. The Bertz CT molecular complexity index is 874. The third kappa shape index (κ3) is 3.39. The molecule has 0 spiro atoms. The van der Waals surface area contributed by atoms with Crippen LogP contribution in [0.3, 0.4) is 0 Å². The van der Waals surface area contributed by atoms with E-state index < -0.39 is 0 Å². The fourth-order valence-electron chi connectivity index (χ4n) is 2.42. The number of rotatable bonds is 5. The van der Waals surface area contributed by atoms with E-state index in [4.69, 9.17) is 10.3 Å². The maximum absolute atomic E-state index is 12.6. The topological polar surface area (TPSA) is 90.2 Å². The smallest absolute Gasteiger partial charge is 0.240 e. The summed E-state index contributed by atoms with van der Waals surface area (Å²) in [6.07, 6.45) is 1.58. The lowest BCUT2D eigenvalue weighted by Gasteiger charge is -2.20. The highest BCUT2D eigenvalue weighted by atomic mass is 32.2. The van der Waals surface area contributed by atoms with Crippen LogP contribution >= 0.6 is 11.8 Å². The SMILES string of the molecule is Cc1occc1-c1nnc(SC(C)C(=O)N(C)c2ccccc2)n1N. The van der Waals surface area contributed by atoms with Gasteiger partial charge in [-0.15, -0.1) is 10.2 Å². The lowest BCUT2D eigenvalue weighted by molar-refractivity contribution is -0.117. The number of thioether (sulfide) groups is 1. The zero-order chi connectivity index (χ0) is 18.0. The third-order valence-corrected chi connectivity index (χ3v) is 4.91. The van der Waals surface area contributed by atoms with Crippen LogP contribution in [0, 0.1) is 6.92 Å². The zero-order valence-electron chi connectivity index (χ0n) is 14.2. The second-order valence-electron chi connectivity index (χ2n) is 5.56. The van der Waals surface area contributed by atoms with E-state index in [0.29, 0.717) is 16.7 Å². The first kappa shape index (κ1) is 17.1. The number of nitrogens with two attached hydrogens (primary N) is 1. The highest BCUT2D eigenvalue weighted by molar-refractivity contribution is 8.00. The molecule has 1 atom stereocenters. The molecule has 0 aliphatic rings. The van der Waals surface area contributed by atoms with E-state index in [1.54, 1.807) is 24.3 Å². The van der Waals surface area contributed by atoms with Gasteiger partial charge in [-0.1, -0.05) is 30.0 Å². The molecule has 0 radical (unpaired) electrons. The van der Waals surface area contributed by atoms with Gasteiger partial charge in [0.1, 0.15) is 5.76 Å². The van der Waals surface area contributed by atoms with Crippen LogP contribution in [-0.2, 0) is 4.79 Å². The Morgan fingerprint density at radius 1 is 1.28 bits per heavy atom. The quantitative estimate of drug-likeness (QED) is 0.558. The van der Waals surface area contributed by atoms with Crippen LogP contribution < -0.4 is 10.7 Å². The highest BCUT2D eigenvalue weighted by Gasteiger charge is 2.23. The molecule has 25 heavy (non-hydrogen) atoms. The number of benzene rings is 1. The van der Waals surface area contributed by atoms with E-state index in [1.165, 1.54) is 16.4 Å². The van der Waals surface area contributed by atoms with Crippen LogP contribution in [0.4, 0.5) is 5.69 Å². The first-order valence-corrected chi connectivity index (χ1v) is 8.61. The van der Waals surface area contributed by atoms with Crippen molar-refractivity contribution in [3.05, 3.63) is 48.4 Å². The van der Waals surface area contributed by atoms with Crippen molar-refractivity contribution in [1.29, 1.82) is 0 Å². The van der Waals surface area contributed by atoms with Crippen LogP contribution in [0.5, 0.6) is 0 Å². The van der Waals surface area contributed by atoms with Crippen molar-refractivity contribution in [1.82, 2.24) is 14.9 Å².